The Morgan fingerprint density at radius 1 is 1.36 bits per heavy atom. The number of methoxy groups -OCH3 is 1. The Bertz CT molecular complexity index is 640. The lowest BCUT2D eigenvalue weighted by Gasteiger charge is -2.28. The number of hydrogen-bond acceptors (Lipinski definition) is 6. The van der Waals surface area contributed by atoms with Gasteiger partial charge in [0.05, 0.1) is 20.1 Å². The van der Waals surface area contributed by atoms with Crippen LogP contribution in [0.3, 0.4) is 0 Å². The molecule has 1 fully saturated rings. The van der Waals surface area contributed by atoms with Gasteiger partial charge in [-0.15, -0.1) is 0 Å². The molecule has 0 aliphatic carbocycles. The number of halogens is 1. The van der Waals surface area contributed by atoms with Gasteiger partial charge in [-0.25, -0.2) is 4.98 Å². The molecule has 1 saturated heterocycles. The van der Waals surface area contributed by atoms with Crippen LogP contribution in [0.25, 0.3) is 11.2 Å². The van der Waals surface area contributed by atoms with Gasteiger partial charge in [-0.1, -0.05) is 6.92 Å². The number of imidazole rings is 1. The average molecular weight is 308 g/mol. The quantitative estimate of drug-likeness (QED) is 0.883. The molecule has 1 aliphatic rings. The maximum absolute atomic E-state index is 12.8. The summed E-state index contributed by atoms with van der Waals surface area (Å²) in [6, 6.07) is 0.315. The largest absolute Gasteiger partial charge is 0.467 e. The SMILES string of the molecule is COc1nc(N2CCNCC2)c2ncn(C[C@H](C)CF)c2n1. The molecule has 3 rings (SSSR count). The first kappa shape index (κ1) is 15.0. The summed E-state index contributed by atoms with van der Waals surface area (Å²) < 4.78 is 19.9. The van der Waals surface area contributed by atoms with Gasteiger partial charge in [0.2, 0.25) is 0 Å². The summed E-state index contributed by atoms with van der Waals surface area (Å²) in [6.45, 7) is 5.58. The first-order chi connectivity index (χ1) is 10.7. The van der Waals surface area contributed by atoms with Crippen molar-refractivity contribution in [3.05, 3.63) is 6.33 Å². The summed E-state index contributed by atoms with van der Waals surface area (Å²) in [7, 11) is 1.55. The monoisotopic (exact) mass is 308 g/mol. The lowest BCUT2D eigenvalue weighted by atomic mass is 10.2. The summed E-state index contributed by atoms with van der Waals surface area (Å²) in [5, 5.41) is 3.32. The summed E-state index contributed by atoms with van der Waals surface area (Å²) in [4.78, 5) is 15.5. The molecule has 120 valence electrons. The number of piperazine rings is 1. The molecule has 8 heteroatoms. The van der Waals surface area contributed by atoms with Crippen molar-refractivity contribution >= 4 is 17.0 Å². The Morgan fingerprint density at radius 2 is 2.14 bits per heavy atom. The summed E-state index contributed by atoms with van der Waals surface area (Å²) >= 11 is 0. The van der Waals surface area contributed by atoms with E-state index in [1.165, 1.54) is 0 Å². The molecule has 0 spiro atoms. The predicted molar refractivity (Wildman–Crippen MR) is 82.1 cm³/mol. The van der Waals surface area contributed by atoms with Crippen LogP contribution < -0.4 is 15.0 Å². The van der Waals surface area contributed by atoms with Gasteiger partial charge in [0.15, 0.2) is 17.0 Å². The molecule has 22 heavy (non-hydrogen) atoms. The fraction of sp³-hybridized carbons (Fsp3) is 0.643. The van der Waals surface area contributed by atoms with Gasteiger partial charge in [0, 0.05) is 38.6 Å². The highest BCUT2D eigenvalue weighted by atomic mass is 19.1. The number of hydrogen-bond donors (Lipinski definition) is 1. The van der Waals surface area contributed by atoms with Crippen LogP contribution in [0.15, 0.2) is 6.33 Å². The number of rotatable bonds is 5. The first-order valence-corrected chi connectivity index (χ1v) is 7.51. The topological polar surface area (TPSA) is 68.1 Å². The fourth-order valence-corrected chi connectivity index (χ4v) is 2.62. The zero-order valence-electron chi connectivity index (χ0n) is 12.9. The standard InChI is InChI=1S/C14H21FN6O/c1-10(7-15)8-21-9-17-11-12(20-5-3-16-4-6-20)18-14(22-2)19-13(11)21/h9-10,16H,3-8H2,1-2H3/t10-/m1/s1. The van der Waals surface area contributed by atoms with Gasteiger partial charge in [-0.05, 0) is 0 Å². The Labute approximate surface area is 128 Å². The maximum atomic E-state index is 12.8. The Morgan fingerprint density at radius 3 is 2.82 bits per heavy atom. The van der Waals surface area contributed by atoms with Crippen LogP contribution in [0.2, 0.25) is 0 Å². The number of nitrogens with one attached hydrogen (secondary N) is 1. The molecule has 0 amide bonds. The van der Waals surface area contributed by atoms with Crippen LogP contribution in [0.5, 0.6) is 6.01 Å². The van der Waals surface area contributed by atoms with E-state index < -0.39 is 0 Å². The van der Waals surface area contributed by atoms with Crippen molar-refractivity contribution in [2.75, 3.05) is 44.9 Å². The van der Waals surface area contributed by atoms with Crippen LogP contribution >= 0.6 is 0 Å². The minimum absolute atomic E-state index is 0.0824. The highest BCUT2D eigenvalue weighted by Gasteiger charge is 2.20. The highest BCUT2D eigenvalue weighted by Crippen LogP contribution is 2.25. The molecule has 2 aromatic rings. The molecule has 0 radical (unpaired) electrons. The Kier molecular flexibility index (Phi) is 4.37. The number of fused-ring (bicyclic) bond motifs is 1. The molecular formula is C14H21FN6O. The van der Waals surface area contributed by atoms with E-state index in [4.69, 9.17) is 4.74 Å². The normalized spacial score (nSPS) is 17.0. The Hall–Kier alpha value is -1.96. The fourth-order valence-electron chi connectivity index (χ4n) is 2.62. The summed E-state index contributed by atoms with van der Waals surface area (Å²) in [5.74, 6) is 0.705. The predicted octanol–water partition coefficient (Wildman–Crippen LogP) is 0.850. The molecule has 7 nitrogen and oxygen atoms in total. The second-order valence-corrected chi connectivity index (χ2v) is 5.60. The molecular weight excluding hydrogens is 287 g/mol. The lowest BCUT2D eigenvalue weighted by Crippen LogP contribution is -2.44. The maximum Gasteiger partial charge on any atom is 0.320 e. The van der Waals surface area contributed by atoms with E-state index >= 15 is 0 Å². The van der Waals surface area contributed by atoms with Gasteiger partial charge >= 0.3 is 6.01 Å². The van der Waals surface area contributed by atoms with Crippen LogP contribution in [-0.4, -0.2) is 59.5 Å². The van der Waals surface area contributed by atoms with Gasteiger partial charge in [-0.2, -0.15) is 9.97 Å². The molecule has 2 aromatic heterocycles. The summed E-state index contributed by atoms with van der Waals surface area (Å²) in [6.07, 6.45) is 1.71. The third-order valence-electron chi connectivity index (χ3n) is 3.80. The lowest BCUT2D eigenvalue weighted by molar-refractivity contribution is 0.349. The van der Waals surface area contributed by atoms with Gasteiger partial charge in [-0.3, -0.25) is 4.39 Å². The molecule has 1 atom stereocenters. The van der Waals surface area contributed by atoms with E-state index in [0.29, 0.717) is 18.2 Å². The second kappa shape index (κ2) is 6.43. The van der Waals surface area contributed by atoms with Crippen molar-refractivity contribution < 1.29 is 9.13 Å². The molecule has 0 bridgehead atoms. The second-order valence-electron chi connectivity index (χ2n) is 5.60. The van der Waals surface area contributed by atoms with Gasteiger partial charge < -0.3 is 19.5 Å². The Balaban J connectivity index is 2.03. The average Bonchev–Trinajstić information content (AvgIpc) is 2.97. The molecule has 3 heterocycles. The van der Waals surface area contributed by atoms with Crippen LogP contribution in [0, 0.1) is 5.92 Å². The van der Waals surface area contributed by atoms with Gasteiger partial charge in [0.1, 0.15) is 0 Å². The smallest absolute Gasteiger partial charge is 0.320 e. The van der Waals surface area contributed by atoms with Crippen molar-refractivity contribution in [2.45, 2.75) is 13.5 Å². The highest BCUT2D eigenvalue weighted by molar-refractivity contribution is 5.84. The minimum atomic E-state index is -0.369. The van der Waals surface area contributed by atoms with E-state index in [-0.39, 0.29) is 12.6 Å². The zero-order chi connectivity index (χ0) is 15.5. The molecule has 0 aromatic carbocycles. The van der Waals surface area contributed by atoms with Crippen molar-refractivity contribution in [3.63, 3.8) is 0 Å². The third-order valence-corrected chi connectivity index (χ3v) is 3.80. The van der Waals surface area contributed by atoms with E-state index in [1.807, 2.05) is 11.5 Å². The summed E-state index contributed by atoms with van der Waals surface area (Å²) in [5.41, 5.74) is 1.44. The minimum Gasteiger partial charge on any atom is -0.467 e. The first-order valence-electron chi connectivity index (χ1n) is 7.51. The number of ether oxygens (including phenoxy) is 1. The van der Waals surface area contributed by atoms with Gasteiger partial charge in [0.25, 0.3) is 0 Å². The van der Waals surface area contributed by atoms with Crippen molar-refractivity contribution in [1.82, 2.24) is 24.8 Å². The van der Waals surface area contributed by atoms with Crippen LogP contribution in [0.1, 0.15) is 6.92 Å². The number of nitrogens with zero attached hydrogens (tertiary/aromatic N) is 5. The molecule has 0 unspecified atom stereocenters. The van der Waals surface area contributed by atoms with Crippen LogP contribution in [0.4, 0.5) is 10.2 Å². The third kappa shape index (κ3) is 2.83. The molecule has 1 N–H and O–H groups in total. The zero-order valence-corrected chi connectivity index (χ0v) is 12.9. The van der Waals surface area contributed by atoms with Crippen molar-refractivity contribution in [2.24, 2.45) is 5.92 Å². The van der Waals surface area contributed by atoms with E-state index in [0.717, 1.165) is 37.5 Å². The van der Waals surface area contributed by atoms with E-state index in [1.54, 1.807) is 13.4 Å². The molecule has 1 aliphatic heterocycles. The number of aromatic nitrogens is 4. The van der Waals surface area contributed by atoms with Crippen LogP contribution in [-0.2, 0) is 6.54 Å². The van der Waals surface area contributed by atoms with Crippen molar-refractivity contribution in [1.29, 1.82) is 0 Å². The van der Waals surface area contributed by atoms with Crippen molar-refractivity contribution in [3.8, 4) is 6.01 Å². The molecule has 0 saturated carbocycles. The number of anilines is 1. The van der Waals surface area contributed by atoms with E-state index in [9.17, 15) is 4.39 Å². The number of alkyl halides is 1. The van der Waals surface area contributed by atoms with E-state index in [2.05, 4.69) is 25.2 Å².